The molecule has 0 saturated heterocycles. The SMILES string of the molecule is CC(C)(C)c1ccc(-c2nnc(SCC(=O)NCCc3ccc4c(c3)OCCO4)n2N)cc1. The summed E-state index contributed by atoms with van der Waals surface area (Å²) in [6.07, 6.45) is 0.703. The molecule has 174 valence electrons. The Hall–Kier alpha value is -3.20. The van der Waals surface area contributed by atoms with E-state index >= 15 is 0 Å². The number of thioether (sulfide) groups is 1. The predicted molar refractivity (Wildman–Crippen MR) is 129 cm³/mol. The summed E-state index contributed by atoms with van der Waals surface area (Å²) in [6.45, 7) is 8.16. The third kappa shape index (κ3) is 5.60. The molecule has 0 radical (unpaired) electrons. The van der Waals surface area contributed by atoms with E-state index in [4.69, 9.17) is 15.3 Å². The Morgan fingerprint density at radius 1 is 1.09 bits per heavy atom. The standard InChI is InChI=1S/C24H29N5O3S/c1-24(2,3)18-7-5-17(6-8-18)22-27-28-23(29(22)25)33-15-21(30)26-11-10-16-4-9-19-20(14-16)32-13-12-31-19/h4-9,14H,10-13,15,25H2,1-3H3,(H,26,30). The number of carbonyl (C=O) groups is 1. The van der Waals surface area contributed by atoms with Gasteiger partial charge in [-0.2, -0.15) is 0 Å². The third-order valence-electron chi connectivity index (χ3n) is 5.35. The number of ether oxygens (including phenoxy) is 2. The van der Waals surface area contributed by atoms with Crippen LogP contribution in [0.2, 0.25) is 0 Å². The van der Waals surface area contributed by atoms with E-state index in [-0.39, 0.29) is 17.1 Å². The van der Waals surface area contributed by atoms with Gasteiger partial charge in [-0.3, -0.25) is 4.79 Å². The lowest BCUT2D eigenvalue weighted by Crippen LogP contribution is -2.27. The maximum atomic E-state index is 12.3. The Morgan fingerprint density at radius 3 is 2.55 bits per heavy atom. The molecule has 0 atom stereocenters. The van der Waals surface area contributed by atoms with Gasteiger partial charge < -0.3 is 20.6 Å². The van der Waals surface area contributed by atoms with Crippen molar-refractivity contribution in [1.82, 2.24) is 20.2 Å². The van der Waals surface area contributed by atoms with Gasteiger partial charge in [-0.05, 0) is 35.1 Å². The Balaban J connectivity index is 1.27. The number of amides is 1. The van der Waals surface area contributed by atoms with Crippen molar-refractivity contribution >= 4 is 17.7 Å². The summed E-state index contributed by atoms with van der Waals surface area (Å²) in [6, 6.07) is 14.0. The van der Waals surface area contributed by atoms with Crippen molar-refractivity contribution in [2.75, 3.05) is 31.4 Å². The van der Waals surface area contributed by atoms with Crippen molar-refractivity contribution < 1.29 is 14.3 Å². The Kier molecular flexibility index (Phi) is 6.78. The average Bonchev–Trinajstić information content (AvgIpc) is 3.17. The summed E-state index contributed by atoms with van der Waals surface area (Å²) >= 11 is 1.26. The second kappa shape index (κ2) is 9.74. The molecule has 1 amide bonds. The van der Waals surface area contributed by atoms with Crippen LogP contribution in [-0.2, 0) is 16.6 Å². The summed E-state index contributed by atoms with van der Waals surface area (Å²) in [5.41, 5.74) is 3.27. The van der Waals surface area contributed by atoms with Crippen LogP contribution in [0.5, 0.6) is 11.5 Å². The summed E-state index contributed by atoms with van der Waals surface area (Å²) in [5, 5.41) is 11.8. The number of fused-ring (bicyclic) bond motifs is 1. The second-order valence-corrected chi connectivity index (χ2v) is 9.81. The van der Waals surface area contributed by atoms with Crippen LogP contribution in [0.4, 0.5) is 0 Å². The highest BCUT2D eigenvalue weighted by Gasteiger charge is 2.17. The van der Waals surface area contributed by atoms with E-state index < -0.39 is 0 Å². The number of nitrogens with one attached hydrogen (secondary N) is 1. The molecule has 0 bridgehead atoms. The molecule has 1 aliphatic rings. The van der Waals surface area contributed by atoms with Gasteiger partial charge in [0.1, 0.15) is 13.2 Å². The number of benzene rings is 2. The van der Waals surface area contributed by atoms with Gasteiger partial charge in [0, 0.05) is 12.1 Å². The van der Waals surface area contributed by atoms with Crippen LogP contribution >= 0.6 is 11.8 Å². The van der Waals surface area contributed by atoms with Crippen LogP contribution in [0.25, 0.3) is 11.4 Å². The number of hydrogen-bond acceptors (Lipinski definition) is 7. The highest BCUT2D eigenvalue weighted by molar-refractivity contribution is 7.99. The zero-order valence-electron chi connectivity index (χ0n) is 19.1. The fraction of sp³-hybridized carbons (Fsp3) is 0.375. The molecule has 0 fully saturated rings. The van der Waals surface area contributed by atoms with Gasteiger partial charge >= 0.3 is 0 Å². The molecule has 0 saturated carbocycles. The van der Waals surface area contributed by atoms with Crippen molar-refractivity contribution in [3.63, 3.8) is 0 Å². The molecule has 33 heavy (non-hydrogen) atoms. The molecule has 0 spiro atoms. The Morgan fingerprint density at radius 2 is 1.82 bits per heavy atom. The van der Waals surface area contributed by atoms with Crippen LogP contribution in [-0.4, -0.2) is 46.3 Å². The van der Waals surface area contributed by atoms with Gasteiger partial charge in [0.05, 0.1) is 5.75 Å². The molecule has 4 rings (SSSR count). The van der Waals surface area contributed by atoms with Gasteiger partial charge in [0.2, 0.25) is 11.1 Å². The van der Waals surface area contributed by atoms with E-state index in [1.54, 1.807) is 0 Å². The fourth-order valence-electron chi connectivity index (χ4n) is 3.46. The normalized spacial score (nSPS) is 13.1. The first kappa shape index (κ1) is 23.0. The highest BCUT2D eigenvalue weighted by Crippen LogP contribution is 2.31. The number of rotatable bonds is 7. The molecular weight excluding hydrogens is 438 g/mol. The molecule has 3 aromatic rings. The quantitative estimate of drug-likeness (QED) is 0.406. The number of nitrogens with two attached hydrogens (primary N) is 1. The van der Waals surface area contributed by atoms with E-state index in [0.29, 0.717) is 37.2 Å². The monoisotopic (exact) mass is 467 g/mol. The summed E-state index contributed by atoms with van der Waals surface area (Å²) in [4.78, 5) is 12.3. The van der Waals surface area contributed by atoms with Crippen molar-refractivity contribution in [2.45, 2.75) is 37.8 Å². The van der Waals surface area contributed by atoms with Crippen molar-refractivity contribution in [1.29, 1.82) is 0 Å². The van der Waals surface area contributed by atoms with Crippen LogP contribution in [0, 0.1) is 0 Å². The molecule has 3 N–H and O–H groups in total. The highest BCUT2D eigenvalue weighted by atomic mass is 32.2. The minimum absolute atomic E-state index is 0.0748. The summed E-state index contributed by atoms with van der Waals surface area (Å²) in [7, 11) is 0. The van der Waals surface area contributed by atoms with E-state index in [0.717, 1.165) is 22.6 Å². The molecule has 0 unspecified atom stereocenters. The summed E-state index contributed by atoms with van der Waals surface area (Å²) < 4.78 is 12.6. The molecule has 1 aliphatic heterocycles. The molecule has 8 nitrogen and oxygen atoms in total. The van der Waals surface area contributed by atoms with Crippen molar-refractivity contribution in [3.05, 3.63) is 53.6 Å². The molecule has 9 heteroatoms. The first-order chi connectivity index (χ1) is 15.8. The number of carbonyl (C=O) groups excluding carboxylic acids is 1. The van der Waals surface area contributed by atoms with E-state index in [2.05, 4.69) is 48.4 Å². The Labute approximate surface area is 197 Å². The lowest BCUT2D eigenvalue weighted by molar-refractivity contribution is -0.118. The van der Waals surface area contributed by atoms with Crippen LogP contribution in [0.3, 0.4) is 0 Å². The van der Waals surface area contributed by atoms with E-state index in [1.807, 2.05) is 30.3 Å². The minimum atomic E-state index is -0.0865. The molecule has 2 aromatic carbocycles. The van der Waals surface area contributed by atoms with E-state index in [1.165, 1.54) is 22.0 Å². The first-order valence-corrected chi connectivity index (χ1v) is 11.9. The maximum absolute atomic E-state index is 12.3. The predicted octanol–water partition coefficient (Wildman–Crippen LogP) is 3.18. The number of hydrogen-bond donors (Lipinski definition) is 2. The Bertz CT molecular complexity index is 1120. The van der Waals surface area contributed by atoms with Crippen molar-refractivity contribution in [2.24, 2.45) is 0 Å². The fourth-order valence-corrected chi connectivity index (χ4v) is 4.15. The van der Waals surface area contributed by atoms with Gasteiger partial charge in [0.25, 0.3) is 0 Å². The number of nitrogens with zero attached hydrogens (tertiary/aromatic N) is 3. The second-order valence-electron chi connectivity index (χ2n) is 8.87. The van der Waals surface area contributed by atoms with Crippen LogP contribution < -0.4 is 20.6 Å². The topological polar surface area (TPSA) is 104 Å². The van der Waals surface area contributed by atoms with Gasteiger partial charge in [-0.15, -0.1) is 10.2 Å². The largest absolute Gasteiger partial charge is 0.486 e. The molecular formula is C24H29N5O3S. The lowest BCUT2D eigenvalue weighted by atomic mass is 9.87. The average molecular weight is 468 g/mol. The smallest absolute Gasteiger partial charge is 0.230 e. The lowest BCUT2D eigenvalue weighted by Gasteiger charge is -2.19. The summed E-state index contributed by atoms with van der Waals surface area (Å²) in [5.74, 6) is 8.40. The van der Waals surface area contributed by atoms with Gasteiger partial charge in [0.15, 0.2) is 17.3 Å². The maximum Gasteiger partial charge on any atom is 0.230 e. The van der Waals surface area contributed by atoms with Gasteiger partial charge in [-0.1, -0.05) is 62.9 Å². The van der Waals surface area contributed by atoms with Crippen LogP contribution in [0.1, 0.15) is 31.9 Å². The van der Waals surface area contributed by atoms with Crippen molar-refractivity contribution in [3.8, 4) is 22.9 Å². The van der Waals surface area contributed by atoms with E-state index in [9.17, 15) is 4.79 Å². The molecule has 2 heterocycles. The molecule has 0 aliphatic carbocycles. The van der Waals surface area contributed by atoms with Crippen LogP contribution in [0.15, 0.2) is 47.6 Å². The van der Waals surface area contributed by atoms with Gasteiger partial charge in [-0.25, -0.2) is 4.68 Å². The zero-order valence-corrected chi connectivity index (χ0v) is 19.9. The zero-order chi connectivity index (χ0) is 23.4. The number of aromatic nitrogens is 3. The first-order valence-electron chi connectivity index (χ1n) is 10.9. The number of nitrogen functional groups attached to an aromatic ring is 1. The molecule has 1 aromatic heterocycles. The third-order valence-corrected chi connectivity index (χ3v) is 6.29. The minimum Gasteiger partial charge on any atom is -0.486 e.